The predicted molar refractivity (Wildman–Crippen MR) is 136 cm³/mol. The SMILES string of the molecule is CCNC(=NCC(c1ccc(F)cc1)N1CCOCC1)NCCc1csc(CC)n1.I. The van der Waals surface area contributed by atoms with Crippen LogP contribution in [0.4, 0.5) is 4.39 Å². The highest BCUT2D eigenvalue weighted by atomic mass is 127. The summed E-state index contributed by atoms with van der Waals surface area (Å²) >= 11 is 1.72. The number of nitrogens with zero attached hydrogens (tertiary/aromatic N) is 3. The molecule has 1 unspecified atom stereocenters. The van der Waals surface area contributed by atoms with Crippen LogP contribution in [0.2, 0.25) is 0 Å². The molecule has 1 aromatic heterocycles. The molecule has 0 saturated carbocycles. The average Bonchev–Trinajstić information content (AvgIpc) is 3.24. The number of rotatable bonds is 9. The molecule has 1 fully saturated rings. The summed E-state index contributed by atoms with van der Waals surface area (Å²) in [5.41, 5.74) is 2.20. The van der Waals surface area contributed by atoms with Crippen LogP contribution >= 0.6 is 35.3 Å². The molecule has 1 aromatic carbocycles. The number of hydrogen-bond acceptors (Lipinski definition) is 5. The van der Waals surface area contributed by atoms with Crippen LogP contribution in [0.15, 0.2) is 34.6 Å². The van der Waals surface area contributed by atoms with Gasteiger partial charge in [0.15, 0.2) is 5.96 Å². The highest BCUT2D eigenvalue weighted by Gasteiger charge is 2.22. The van der Waals surface area contributed by atoms with Crippen LogP contribution in [0.1, 0.15) is 36.2 Å². The minimum Gasteiger partial charge on any atom is -0.379 e. The van der Waals surface area contributed by atoms with Crippen molar-refractivity contribution in [2.75, 3.05) is 45.9 Å². The van der Waals surface area contributed by atoms with Crippen LogP contribution in [-0.4, -0.2) is 61.8 Å². The van der Waals surface area contributed by atoms with Gasteiger partial charge in [-0.2, -0.15) is 0 Å². The maximum absolute atomic E-state index is 13.4. The molecule has 1 saturated heterocycles. The number of nitrogens with one attached hydrogen (secondary N) is 2. The molecule has 31 heavy (non-hydrogen) atoms. The molecule has 2 aromatic rings. The maximum atomic E-state index is 13.4. The zero-order valence-corrected chi connectivity index (χ0v) is 21.4. The summed E-state index contributed by atoms with van der Waals surface area (Å²) in [6, 6.07) is 6.86. The molecule has 0 bridgehead atoms. The van der Waals surface area contributed by atoms with Gasteiger partial charge in [0.25, 0.3) is 0 Å². The highest BCUT2D eigenvalue weighted by molar-refractivity contribution is 14.0. The first-order valence-corrected chi connectivity index (χ1v) is 11.6. The van der Waals surface area contributed by atoms with E-state index < -0.39 is 0 Å². The molecule has 3 rings (SSSR count). The van der Waals surface area contributed by atoms with Crippen molar-refractivity contribution in [3.8, 4) is 0 Å². The summed E-state index contributed by atoms with van der Waals surface area (Å²) < 4.78 is 18.9. The van der Waals surface area contributed by atoms with Crippen LogP contribution in [0.25, 0.3) is 0 Å². The Labute approximate surface area is 205 Å². The second-order valence-corrected chi connectivity index (χ2v) is 8.14. The van der Waals surface area contributed by atoms with Crippen LogP contribution in [0.5, 0.6) is 0 Å². The molecule has 0 spiro atoms. The number of aromatic nitrogens is 1. The average molecular weight is 562 g/mol. The van der Waals surface area contributed by atoms with Gasteiger partial charge in [-0.15, -0.1) is 35.3 Å². The van der Waals surface area contributed by atoms with E-state index in [0.29, 0.717) is 19.8 Å². The first kappa shape index (κ1) is 26.0. The summed E-state index contributed by atoms with van der Waals surface area (Å²) in [7, 11) is 0. The quantitative estimate of drug-likeness (QED) is 0.278. The van der Waals surface area contributed by atoms with Gasteiger partial charge in [-0.25, -0.2) is 9.37 Å². The van der Waals surface area contributed by atoms with Crippen molar-refractivity contribution in [3.05, 3.63) is 51.7 Å². The molecule has 1 atom stereocenters. The summed E-state index contributed by atoms with van der Waals surface area (Å²) in [5, 5.41) is 10.0. The zero-order valence-electron chi connectivity index (χ0n) is 18.3. The van der Waals surface area contributed by atoms with E-state index in [2.05, 4.69) is 39.7 Å². The van der Waals surface area contributed by atoms with Crippen molar-refractivity contribution in [1.29, 1.82) is 0 Å². The topological polar surface area (TPSA) is 61.8 Å². The highest BCUT2D eigenvalue weighted by Crippen LogP contribution is 2.22. The van der Waals surface area contributed by atoms with Gasteiger partial charge in [0.1, 0.15) is 5.82 Å². The van der Waals surface area contributed by atoms with E-state index >= 15 is 0 Å². The lowest BCUT2D eigenvalue weighted by Gasteiger charge is -2.34. The van der Waals surface area contributed by atoms with E-state index in [1.165, 1.54) is 17.1 Å². The third kappa shape index (κ3) is 8.28. The lowest BCUT2D eigenvalue weighted by molar-refractivity contribution is 0.0179. The maximum Gasteiger partial charge on any atom is 0.191 e. The monoisotopic (exact) mass is 561 g/mol. The molecule has 2 N–H and O–H groups in total. The third-order valence-electron chi connectivity index (χ3n) is 5.08. The Hall–Kier alpha value is -1.30. The number of guanidine groups is 1. The number of thiazole rings is 1. The third-order valence-corrected chi connectivity index (χ3v) is 6.13. The van der Waals surface area contributed by atoms with Crippen molar-refractivity contribution < 1.29 is 9.13 Å². The van der Waals surface area contributed by atoms with Crippen molar-refractivity contribution >= 4 is 41.3 Å². The standard InChI is InChI=1S/C22H32FN5OS.HI/c1-3-21-27-19(16-30-21)9-10-25-22(24-4-2)26-15-20(28-11-13-29-14-12-28)17-5-7-18(23)8-6-17;/h5-8,16,20H,3-4,9-15H2,1-2H3,(H2,24,25,26);1H. The Bertz CT molecular complexity index is 795. The fourth-order valence-electron chi connectivity index (χ4n) is 3.46. The van der Waals surface area contributed by atoms with Gasteiger partial charge >= 0.3 is 0 Å². The lowest BCUT2D eigenvalue weighted by atomic mass is 10.0. The molecule has 172 valence electrons. The summed E-state index contributed by atoms with van der Waals surface area (Å²) in [5.74, 6) is 0.579. The van der Waals surface area contributed by atoms with E-state index in [-0.39, 0.29) is 35.8 Å². The van der Waals surface area contributed by atoms with Gasteiger partial charge in [0.2, 0.25) is 0 Å². The fraction of sp³-hybridized carbons (Fsp3) is 0.545. The van der Waals surface area contributed by atoms with E-state index in [9.17, 15) is 4.39 Å². The Balaban J connectivity index is 0.00000341. The fourth-order valence-corrected chi connectivity index (χ4v) is 4.24. The summed E-state index contributed by atoms with van der Waals surface area (Å²) in [6.45, 7) is 9.49. The van der Waals surface area contributed by atoms with Crippen LogP contribution in [-0.2, 0) is 17.6 Å². The second-order valence-electron chi connectivity index (χ2n) is 7.20. The van der Waals surface area contributed by atoms with E-state index in [0.717, 1.165) is 56.2 Å². The van der Waals surface area contributed by atoms with E-state index in [4.69, 9.17) is 9.73 Å². The second kappa shape index (κ2) is 14.0. The number of benzene rings is 1. The molecular weight excluding hydrogens is 528 g/mol. The van der Waals surface area contributed by atoms with Crippen molar-refractivity contribution in [2.45, 2.75) is 32.7 Å². The Morgan fingerprint density at radius 2 is 1.97 bits per heavy atom. The first-order chi connectivity index (χ1) is 14.7. The van der Waals surface area contributed by atoms with Crippen LogP contribution in [0, 0.1) is 5.82 Å². The minimum atomic E-state index is -0.216. The van der Waals surface area contributed by atoms with Gasteiger partial charge in [-0.3, -0.25) is 9.89 Å². The van der Waals surface area contributed by atoms with Crippen molar-refractivity contribution in [3.63, 3.8) is 0 Å². The number of halogens is 2. The zero-order chi connectivity index (χ0) is 21.2. The molecular formula is C22H33FIN5OS. The van der Waals surface area contributed by atoms with Gasteiger partial charge < -0.3 is 15.4 Å². The molecule has 2 heterocycles. The number of morpholine rings is 1. The largest absolute Gasteiger partial charge is 0.379 e. The van der Waals surface area contributed by atoms with Gasteiger partial charge in [-0.1, -0.05) is 19.1 Å². The first-order valence-electron chi connectivity index (χ1n) is 10.7. The van der Waals surface area contributed by atoms with E-state index in [1.54, 1.807) is 11.3 Å². The number of ether oxygens (including phenoxy) is 1. The molecule has 0 radical (unpaired) electrons. The van der Waals surface area contributed by atoms with Crippen LogP contribution in [0.3, 0.4) is 0 Å². The predicted octanol–water partition coefficient (Wildman–Crippen LogP) is 3.63. The summed E-state index contributed by atoms with van der Waals surface area (Å²) in [4.78, 5) is 11.8. The number of hydrogen-bond donors (Lipinski definition) is 2. The number of aliphatic imine (C=N–C) groups is 1. The Morgan fingerprint density at radius 3 is 2.61 bits per heavy atom. The Morgan fingerprint density at radius 1 is 1.23 bits per heavy atom. The molecule has 1 aliphatic rings. The van der Waals surface area contributed by atoms with Crippen LogP contribution < -0.4 is 10.6 Å². The van der Waals surface area contributed by atoms with Gasteiger partial charge in [-0.05, 0) is 31.0 Å². The molecule has 9 heteroatoms. The smallest absolute Gasteiger partial charge is 0.191 e. The Kier molecular flexibility index (Phi) is 11.7. The minimum absolute atomic E-state index is 0. The van der Waals surface area contributed by atoms with Crippen molar-refractivity contribution in [1.82, 2.24) is 20.5 Å². The molecule has 6 nitrogen and oxygen atoms in total. The lowest BCUT2D eigenvalue weighted by Crippen LogP contribution is -2.42. The molecule has 0 aliphatic carbocycles. The summed E-state index contributed by atoms with van der Waals surface area (Å²) in [6.07, 6.45) is 1.85. The van der Waals surface area contributed by atoms with E-state index in [1.807, 2.05) is 12.1 Å². The van der Waals surface area contributed by atoms with Gasteiger partial charge in [0, 0.05) is 38.0 Å². The normalized spacial score (nSPS) is 15.9. The molecule has 0 amide bonds. The van der Waals surface area contributed by atoms with Crippen molar-refractivity contribution in [2.24, 2.45) is 4.99 Å². The molecule has 1 aliphatic heterocycles. The van der Waals surface area contributed by atoms with Gasteiger partial charge in [0.05, 0.1) is 36.5 Å². The number of aryl methyl sites for hydroxylation is 1.